The molecule has 6 nitrogen and oxygen atoms in total. The van der Waals surface area contributed by atoms with Gasteiger partial charge in [-0.25, -0.2) is 13.1 Å². The van der Waals surface area contributed by atoms with E-state index in [0.717, 1.165) is 38.8 Å². The van der Waals surface area contributed by atoms with Gasteiger partial charge in [0.15, 0.2) is 0 Å². The van der Waals surface area contributed by atoms with Crippen LogP contribution in [-0.2, 0) is 16.6 Å². The lowest BCUT2D eigenvalue weighted by Gasteiger charge is -2.25. The Hall–Kier alpha value is -0.920. The number of sulfonamides is 1. The fraction of sp³-hybridized carbons (Fsp3) is 0.750. The van der Waals surface area contributed by atoms with Crippen LogP contribution in [0.5, 0.6) is 0 Å². The first-order chi connectivity index (χ1) is 9.12. The maximum Gasteiger partial charge on any atom is 0.243 e. The minimum Gasteiger partial charge on any atom is -0.315 e. The summed E-state index contributed by atoms with van der Waals surface area (Å²) in [5.74, 6) is 0. The second-order valence-electron chi connectivity index (χ2n) is 4.94. The van der Waals surface area contributed by atoms with Gasteiger partial charge in [-0.2, -0.15) is 5.10 Å². The van der Waals surface area contributed by atoms with Crippen LogP contribution in [0.3, 0.4) is 0 Å². The van der Waals surface area contributed by atoms with Gasteiger partial charge in [0.2, 0.25) is 10.0 Å². The molecule has 0 aliphatic heterocycles. The van der Waals surface area contributed by atoms with Gasteiger partial charge in [0, 0.05) is 18.8 Å². The van der Waals surface area contributed by atoms with Crippen molar-refractivity contribution >= 4 is 10.0 Å². The summed E-state index contributed by atoms with van der Waals surface area (Å²) in [6.45, 7) is 4.55. The highest BCUT2D eigenvalue weighted by molar-refractivity contribution is 7.89. The molecule has 1 aromatic rings. The van der Waals surface area contributed by atoms with Crippen molar-refractivity contribution in [1.29, 1.82) is 0 Å². The quantitative estimate of drug-likeness (QED) is 0.690. The molecular weight excluding hydrogens is 264 g/mol. The third kappa shape index (κ3) is 4.02. The topological polar surface area (TPSA) is 76.0 Å². The molecule has 1 aliphatic rings. The Balaban J connectivity index is 1.88. The third-order valence-corrected chi connectivity index (χ3v) is 4.77. The lowest BCUT2D eigenvalue weighted by Crippen LogP contribution is -2.39. The molecular formula is C12H22N4O2S. The van der Waals surface area contributed by atoms with Gasteiger partial charge in [-0.3, -0.25) is 4.68 Å². The standard InChI is InChI=1S/C12H22N4O2S/c1-2-6-13-7-8-16-10-12(9-14-16)19(17,18)15-11-4-3-5-11/h9-11,13,15H,2-8H2,1H3. The smallest absolute Gasteiger partial charge is 0.243 e. The molecule has 0 atom stereocenters. The fourth-order valence-electron chi connectivity index (χ4n) is 1.91. The number of rotatable bonds is 8. The Labute approximate surface area is 114 Å². The van der Waals surface area contributed by atoms with Gasteiger partial charge >= 0.3 is 0 Å². The minimum absolute atomic E-state index is 0.111. The van der Waals surface area contributed by atoms with E-state index in [-0.39, 0.29) is 10.9 Å². The molecule has 0 aromatic carbocycles. The van der Waals surface area contributed by atoms with E-state index in [1.165, 1.54) is 6.20 Å². The van der Waals surface area contributed by atoms with Crippen molar-refractivity contribution in [3.05, 3.63) is 12.4 Å². The fourth-order valence-corrected chi connectivity index (χ4v) is 3.17. The summed E-state index contributed by atoms with van der Waals surface area (Å²) < 4.78 is 28.5. The zero-order valence-electron chi connectivity index (χ0n) is 11.3. The van der Waals surface area contributed by atoms with E-state index in [0.29, 0.717) is 6.54 Å². The molecule has 0 unspecified atom stereocenters. The summed E-state index contributed by atoms with van der Waals surface area (Å²) in [5.41, 5.74) is 0. The SMILES string of the molecule is CCCNCCn1cc(S(=O)(=O)NC2CCC2)cn1. The van der Waals surface area contributed by atoms with E-state index >= 15 is 0 Å². The molecule has 1 aliphatic carbocycles. The molecule has 0 saturated heterocycles. The monoisotopic (exact) mass is 286 g/mol. The summed E-state index contributed by atoms with van der Waals surface area (Å²) in [6, 6.07) is 0.111. The molecule has 0 amide bonds. The van der Waals surface area contributed by atoms with E-state index < -0.39 is 10.0 Å². The molecule has 1 aromatic heterocycles. The van der Waals surface area contributed by atoms with Gasteiger partial charge < -0.3 is 5.32 Å². The lowest BCUT2D eigenvalue weighted by molar-refractivity contribution is 0.383. The van der Waals surface area contributed by atoms with Crippen molar-refractivity contribution in [2.24, 2.45) is 0 Å². The Morgan fingerprint density at radius 1 is 1.42 bits per heavy atom. The molecule has 0 radical (unpaired) electrons. The van der Waals surface area contributed by atoms with Crippen LogP contribution in [0.15, 0.2) is 17.3 Å². The molecule has 1 fully saturated rings. The maximum absolute atomic E-state index is 12.0. The van der Waals surface area contributed by atoms with Crippen molar-refractivity contribution in [2.45, 2.75) is 50.1 Å². The van der Waals surface area contributed by atoms with E-state index in [1.54, 1.807) is 10.9 Å². The largest absolute Gasteiger partial charge is 0.315 e. The number of nitrogens with one attached hydrogen (secondary N) is 2. The van der Waals surface area contributed by atoms with Crippen LogP contribution >= 0.6 is 0 Å². The van der Waals surface area contributed by atoms with Crippen LogP contribution in [0.2, 0.25) is 0 Å². The van der Waals surface area contributed by atoms with E-state index in [2.05, 4.69) is 22.1 Å². The Kier molecular flexibility index (Phi) is 4.95. The van der Waals surface area contributed by atoms with E-state index in [9.17, 15) is 8.42 Å². The molecule has 2 rings (SSSR count). The summed E-state index contributed by atoms with van der Waals surface area (Å²) in [5, 5.41) is 7.34. The van der Waals surface area contributed by atoms with Crippen molar-refractivity contribution < 1.29 is 8.42 Å². The average molecular weight is 286 g/mol. The van der Waals surface area contributed by atoms with Crippen LogP contribution in [0.1, 0.15) is 32.6 Å². The average Bonchev–Trinajstić information content (AvgIpc) is 2.79. The number of aromatic nitrogens is 2. The first kappa shape index (κ1) is 14.5. The van der Waals surface area contributed by atoms with Gasteiger partial charge in [-0.15, -0.1) is 0 Å². The van der Waals surface area contributed by atoms with Crippen LogP contribution in [0.4, 0.5) is 0 Å². The Morgan fingerprint density at radius 3 is 2.84 bits per heavy atom. The summed E-state index contributed by atoms with van der Waals surface area (Å²) in [4.78, 5) is 0.259. The zero-order valence-corrected chi connectivity index (χ0v) is 12.1. The van der Waals surface area contributed by atoms with Crippen LogP contribution in [0.25, 0.3) is 0 Å². The van der Waals surface area contributed by atoms with Crippen LogP contribution < -0.4 is 10.0 Å². The summed E-state index contributed by atoms with van der Waals surface area (Å²) >= 11 is 0. The van der Waals surface area contributed by atoms with Crippen molar-refractivity contribution in [1.82, 2.24) is 19.8 Å². The van der Waals surface area contributed by atoms with Gasteiger partial charge in [0.1, 0.15) is 4.90 Å². The molecule has 1 saturated carbocycles. The minimum atomic E-state index is -3.39. The molecule has 0 spiro atoms. The van der Waals surface area contributed by atoms with E-state index in [1.807, 2.05) is 0 Å². The Morgan fingerprint density at radius 2 is 2.21 bits per heavy atom. The normalized spacial score (nSPS) is 16.5. The van der Waals surface area contributed by atoms with E-state index in [4.69, 9.17) is 0 Å². The first-order valence-electron chi connectivity index (χ1n) is 6.87. The first-order valence-corrected chi connectivity index (χ1v) is 8.35. The number of hydrogen-bond acceptors (Lipinski definition) is 4. The molecule has 1 heterocycles. The number of nitrogens with zero attached hydrogens (tertiary/aromatic N) is 2. The predicted molar refractivity (Wildman–Crippen MR) is 73.3 cm³/mol. The molecule has 2 N–H and O–H groups in total. The van der Waals surface area contributed by atoms with Gasteiger partial charge in [-0.05, 0) is 25.8 Å². The summed E-state index contributed by atoms with van der Waals surface area (Å²) in [7, 11) is -3.39. The third-order valence-electron chi connectivity index (χ3n) is 3.29. The van der Waals surface area contributed by atoms with Gasteiger partial charge in [-0.1, -0.05) is 13.3 Å². The van der Waals surface area contributed by atoms with Gasteiger partial charge in [0.25, 0.3) is 0 Å². The second-order valence-corrected chi connectivity index (χ2v) is 6.65. The molecule has 108 valence electrons. The van der Waals surface area contributed by atoms with Crippen molar-refractivity contribution in [3.8, 4) is 0 Å². The molecule has 7 heteroatoms. The van der Waals surface area contributed by atoms with Gasteiger partial charge in [0.05, 0.1) is 12.7 Å². The van der Waals surface area contributed by atoms with Crippen molar-refractivity contribution in [3.63, 3.8) is 0 Å². The van der Waals surface area contributed by atoms with Crippen LogP contribution in [0, 0.1) is 0 Å². The summed E-state index contributed by atoms with van der Waals surface area (Å²) in [6.07, 6.45) is 7.08. The van der Waals surface area contributed by atoms with Crippen LogP contribution in [-0.4, -0.2) is 37.3 Å². The highest BCUT2D eigenvalue weighted by Crippen LogP contribution is 2.20. The molecule has 0 bridgehead atoms. The lowest BCUT2D eigenvalue weighted by atomic mass is 9.94. The highest BCUT2D eigenvalue weighted by Gasteiger charge is 2.25. The molecule has 19 heavy (non-hydrogen) atoms. The second kappa shape index (κ2) is 6.49. The number of hydrogen-bond donors (Lipinski definition) is 2. The predicted octanol–water partition coefficient (Wildman–Crippen LogP) is 0.714. The Bertz CT molecular complexity index is 494. The maximum atomic E-state index is 12.0. The zero-order chi connectivity index (χ0) is 13.7. The highest BCUT2D eigenvalue weighted by atomic mass is 32.2. The van der Waals surface area contributed by atoms with Crippen molar-refractivity contribution in [2.75, 3.05) is 13.1 Å².